The molecular formula is C14H18F3N3O2. The average Bonchev–Trinajstić information content (AvgIpc) is 2.51. The third-order valence-electron chi connectivity index (χ3n) is 3.03. The van der Waals surface area contributed by atoms with Gasteiger partial charge < -0.3 is 20.5 Å². The molecule has 1 heterocycles. The Balaban J connectivity index is 1.73. The summed E-state index contributed by atoms with van der Waals surface area (Å²) in [5.74, 6) is 0.917. The quantitative estimate of drug-likeness (QED) is 0.768. The van der Waals surface area contributed by atoms with Crippen LogP contribution in [0.15, 0.2) is 29.3 Å². The lowest BCUT2D eigenvalue weighted by molar-refractivity contribution is -0.137. The molecule has 0 saturated heterocycles. The molecule has 1 aromatic carbocycles. The Morgan fingerprint density at radius 3 is 2.64 bits per heavy atom. The fourth-order valence-corrected chi connectivity index (χ4v) is 1.86. The van der Waals surface area contributed by atoms with Gasteiger partial charge in [0.05, 0.1) is 5.56 Å². The molecule has 3 N–H and O–H groups in total. The fraction of sp³-hybridized carbons (Fsp3) is 0.500. The Bertz CT molecular complexity index is 503. The lowest BCUT2D eigenvalue weighted by Gasteiger charge is -2.18. The first-order chi connectivity index (χ1) is 10.4. The summed E-state index contributed by atoms with van der Waals surface area (Å²) in [6, 6.07) is 4.35. The Hall–Kier alpha value is -1.96. The number of aliphatic hydroxyl groups excluding tert-OH is 1. The topological polar surface area (TPSA) is 65.9 Å². The van der Waals surface area contributed by atoms with Crippen molar-refractivity contribution in [3.63, 3.8) is 0 Å². The minimum atomic E-state index is -4.37. The van der Waals surface area contributed by atoms with Crippen LogP contribution in [0.2, 0.25) is 0 Å². The molecule has 2 rings (SSSR count). The van der Waals surface area contributed by atoms with Crippen molar-refractivity contribution in [2.75, 3.05) is 26.2 Å². The number of alkyl halides is 3. The molecular weight excluding hydrogens is 299 g/mol. The number of hydrogen-bond donors (Lipinski definition) is 3. The standard InChI is InChI=1S/C14H18F3N3O2/c15-14(16,17)10-2-4-12(5-3-10)22-9-11(21)8-20-13-18-6-1-7-19-13/h2-5,11,21H,1,6-9H2,(H2,18,19,20). The Morgan fingerprint density at radius 2 is 2.05 bits per heavy atom. The van der Waals surface area contributed by atoms with Gasteiger partial charge in [0.25, 0.3) is 0 Å². The van der Waals surface area contributed by atoms with Gasteiger partial charge in [-0.3, -0.25) is 4.99 Å². The number of aliphatic imine (C=N–C) groups is 1. The average molecular weight is 317 g/mol. The van der Waals surface area contributed by atoms with E-state index in [9.17, 15) is 18.3 Å². The molecule has 0 aliphatic carbocycles. The highest BCUT2D eigenvalue weighted by molar-refractivity contribution is 5.80. The van der Waals surface area contributed by atoms with E-state index < -0.39 is 17.8 Å². The highest BCUT2D eigenvalue weighted by Crippen LogP contribution is 2.30. The predicted molar refractivity (Wildman–Crippen MR) is 75.9 cm³/mol. The molecule has 0 bridgehead atoms. The third-order valence-corrected chi connectivity index (χ3v) is 3.03. The molecule has 22 heavy (non-hydrogen) atoms. The molecule has 1 unspecified atom stereocenters. The number of guanidine groups is 1. The first kappa shape index (κ1) is 16.4. The summed E-state index contributed by atoms with van der Waals surface area (Å²) in [6.07, 6.45) is -4.19. The van der Waals surface area contributed by atoms with Gasteiger partial charge in [-0.1, -0.05) is 0 Å². The number of rotatable bonds is 5. The number of hydrogen-bond acceptors (Lipinski definition) is 5. The molecule has 8 heteroatoms. The number of ether oxygens (including phenoxy) is 1. The Labute approximate surface area is 126 Å². The maximum Gasteiger partial charge on any atom is 0.416 e. The molecule has 5 nitrogen and oxygen atoms in total. The summed E-state index contributed by atoms with van der Waals surface area (Å²) in [6.45, 7) is 1.80. The van der Waals surface area contributed by atoms with Gasteiger partial charge in [0.15, 0.2) is 5.96 Å². The zero-order valence-corrected chi connectivity index (χ0v) is 11.9. The van der Waals surface area contributed by atoms with E-state index in [-0.39, 0.29) is 18.9 Å². The van der Waals surface area contributed by atoms with E-state index in [4.69, 9.17) is 4.74 Å². The largest absolute Gasteiger partial charge is 0.491 e. The maximum absolute atomic E-state index is 12.4. The van der Waals surface area contributed by atoms with Crippen molar-refractivity contribution >= 4 is 5.96 Å². The van der Waals surface area contributed by atoms with Crippen LogP contribution < -0.4 is 15.4 Å². The Morgan fingerprint density at radius 1 is 1.32 bits per heavy atom. The van der Waals surface area contributed by atoms with Crippen molar-refractivity contribution in [3.8, 4) is 5.75 Å². The third kappa shape index (κ3) is 5.10. The molecule has 0 saturated carbocycles. The van der Waals surface area contributed by atoms with Crippen LogP contribution in [0.5, 0.6) is 5.75 Å². The van der Waals surface area contributed by atoms with E-state index in [2.05, 4.69) is 15.6 Å². The second-order valence-electron chi connectivity index (χ2n) is 4.88. The van der Waals surface area contributed by atoms with Gasteiger partial charge in [-0.2, -0.15) is 13.2 Å². The molecule has 1 atom stereocenters. The van der Waals surface area contributed by atoms with Gasteiger partial charge in [-0.15, -0.1) is 0 Å². The van der Waals surface area contributed by atoms with Crippen molar-refractivity contribution in [2.24, 2.45) is 4.99 Å². The zero-order chi connectivity index (χ0) is 16.0. The van der Waals surface area contributed by atoms with Crippen LogP contribution in [0, 0.1) is 0 Å². The van der Waals surface area contributed by atoms with Crippen molar-refractivity contribution < 1.29 is 23.0 Å². The molecule has 0 radical (unpaired) electrons. The SMILES string of the molecule is OC(CNC1=NCCCN1)COc1ccc(C(F)(F)F)cc1. The van der Waals surface area contributed by atoms with Crippen molar-refractivity contribution in [1.29, 1.82) is 0 Å². The van der Waals surface area contributed by atoms with E-state index in [0.717, 1.165) is 31.6 Å². The molecule has 1 aliphatic heterocycles. The summed E-state index contributed by atoms with van der Waals surface area (Å²) < 4.78 is 42.5. The summed E-state index contributed by atoms with van der Waals surface area (Å²) in [7, 11) is 0. The van der Waals surface area contributed by atoms with Gasteiger partial charge in [-0.25, -0.2) is 0 Å². The van der Waals surface area contributed by atoms with Crippen LogP contribution in [-0.4, -0.2) is 43.4 Å². The number of benzene rings is 1. The monoisotopic (exact) mass is 317 g/mol. The minimum absolute atomic E-state index is 0.0222. The molecule has 1 aliphatic rings. The highest BCUT2D eigenvalue weighted by Gasteiger charge is 2.30. The van der Waals surface area contributed by atoms with Gasteiger partial charge in [0.2, 0.25) is 0 Å². The molecule has 0 fully saturated rings. The van der Waals surface area contributed by atoms with Gasteiger partial charge in [-0.05, 0) is 30.7 Å². The Kier molecular flexibility index (Phi) is 5.48. The summed E-state index contributed by atoms with van der Waals surface area (Å²) in [4.78, 5) is 4.19. The molecule has 0 spiro atoms. The smallest absolute Gasteiger partial charge is 0.416 e. The first-order valence-corrected chi connectivity index (χ1v) is 6.95. The number of aliphatic hydroxyl groups is 1. The van der Waals surface area contributed by atoms with Crippen LogP contribution in [0.1, 0.15) is 12.0 Å². The van der Waals surface area contributed by atoms with Gasteiger partial charge >= 0.3 is 6.18 Å². The number of nitrogens with zero attached hydrogens (tertiary/aromatic N) is 1. The molecule has 0 aromatic heterocycles. The number of nitrogens with one attached hydrogen (secondary N) is 2. The lowest BCUT2D eigenvalue weighted by Crippen LogP contribution is -2.44. The van der Waals surface area contributed by atoms with Gasteiger partial charge in [0.1, 0.15) is 18.5 Å². The van der Waals surface area contributed by atoms with E-state index in [0.29, 0.717) is 5.96 Å². The van der Waals surface area contributed by atoms with Crippen LogP contribution in [-0.2, 0) is 6.18 Å². The minimum Gasteiger partial charge on any atom is -0.491 e. The zero-order valence-electron chi connectivity index (χ0n) is 11.9. The van der Waals surface area contributed by atoms with E-state index in [1.807, 2.05) is 0 Å². The first-order valence-electron chi connectivity index (χ1n) is 6.95. The van der Waals surface area contributed by atoms with Crippen LogP contribution in [0.3, 0.4) is 0 Å². The van der Waals surface area contributed by atoms with E-state index >= 15 is 0 Å². The van der Waals surface area contributed by atoms with Crippen LogP contribution in [0.4, 0.5) is 13.2 Å². The van der Waals surface area contributed by atoms with E-state index in [1.54, 1.807) is 0 Å². The maximum atomic E-state index is 12.4. The molecule has 0 amide bonds. The van der Waals surface area contributed by atoms with Crippen molar-refractivity contribution in [2.45, 2.75) is 18.7 Å². The lowest BCUT2D eigenvalue weighted by atomic mass is 10.2. The van der Waals surface area contributed by atoms with Crippen molar-refractivity contribution in [3.05, 3.63) is 29.8 Å². The predicted octanol–water partition coefficient (Wildman–Crippen LogP) is 1.38. The number of halogens is 3. The highest BCUT2D eigenvalue weighted by atomic mass is 19.4. The summed E-state index contributed by atoms with van der Waals surface area (Å²) in [5.41, 5.74) is -0.733. The van der Waals surface area contributed by atoms with Crippen molar-refractivity contribution in [1.82, 2.24) is 10.6 Å². The summed E-state index contributed by atoms with van der Waals surface area (Å²) >= 11 is 0. The van der Waals surface area contributed by atoms with Gasteiger partial charge in [0, 0.05) is 19.6 Å². The van der Waals surface area contributed by atoms with E-state index in [1.165, 1.54) is 12.1 Å². The second kappa shape index (κ2) is 7.35. The second-order valence-corrected chi connectivity index (χ2v) is 4.88. The summed E-state index contributed by atoms with van der Waals surface area (Å²) in [5, 5.41) is 15.8. The van der Waals surface area contributed by atoms with Crippen LogP contribution in [0.25, 0.3) is 0 Å². The normalized spacial score (nSPS) is 16.5. The molecule has 122 valence electrons. The molecule has 1 aromatic rings. The van der Waals surface area contributed by atoms with Crippen LogP contribution >= 0.6 is 0 Å². The fourth-order valence-electron chi connectivity index (χ4n) is 1.86.